The van der Waals surface area contributed by atoms with Gasteiger partial charge in [-0.25, -0.2) is 0 Å². The maximum Gasteiger partial charge on any atom is 0.252 e. The van der Waals surface area contributed by atoms with Crippen molar-refractivity contribution in [3.05, 3.63) is 0 Å². The number of likely N-dealkylation sites (tertiary alicyclic amines) is 2. The highest BCUT2D eigenvalue weighted by Gasteiger charge is 2.42. The van der Waals surface area contributed by atoms with E-state index in [1.54, 1.807) is 12.0 Å². The van der Waals surface area contributed by atoms with Crippen molar-refractivity contribution in [3.8, 4) is 0 Å². The smallest absolute Gasteiger partial charge is 0.252 e. The van der Waals surface area contributed by atoms with Gasteiger partial charge in [0.25, 0.3) is 5.91 Å². The molecule has 3 heterocycles. The fourth-order valence-corrected chi connectivity index (χ4v) is 4.04. The molecule has 1 unspecified atom stereocenters. The van der Waals surface area contributed by atoms with Gasteiger partial charge in [0.1, 0.15) is 6.10 Å². The van der Waals surface area contributed by atoms with Gasteiger partial charge in [0.05, 0.1) is 6.54 Å². The van der Waals surface area contributed by atoms with E-state index in [9.17, 15) is 14.4 Å². The molecule has 3 rings (SSSR count). The Hall–Kier alpha value is -1.63. The minimum Gasteiger partial charge on any atom is -0.372 e. The molecule has 3 amide bonds. The van der Waals surface area contributed by atoms with Gasteiger partial charge in [-0.3, -0.25) is 14.4 Å². The fourth-order valence-electron chi connectivity index (χ4n) is 4.04. The first-order chi connectivity index (χ1) is 11.5. The van der Waals surface area contributed by atoms with E-state index in [1.807, 2.05) is 4.90 Å². The molecule has 1 spiro atoms. The van der Waals surface area contributed by atoms with E-state index in [2.05, 4.69) is 5.32 Å². The van der Waals surface area contributed by atoms with E-state index in [4.69, 9.17) is 4.74 Å². The SMILES string of the molecule is COC1CCCCN(CC(=O)N2CCC3(CC2)CNC(=O)C3)C1=O. The summed E-state index contributed by atoms with van der Waals surface area (Å²) >= 11 is 0. The highest BCUT2D eigenvalue weighted by atomic mass is 16.5. The summed E-state index contributed by atoms with van der Waals surface area (Å²) in [6.45, 7) is 2.84. The number of rotatable bonds is 3. The van der Waals surface area contributed by atoms with Crippen LogP contribution in [0.5, 0.6) is 0 Å². The molecule has 3 saturated heterocycles. The van der Waals surface area contributed by atoms with Gasteiger partial charge in [0.2, 0.25) is 11.8 Å². The third-order valence-corrected chi connectivity index (χ3v) is 5.72. The van der Waals surface area contributed by atoms with Gasteiger partial charge >= 0.3 is 0 Å². The first-order valence-corrected chi connectivity index (χ1v) is 8.89. The summed E-state index contributed by atoms with van der Waals surface area (Å²) in [6, 6.07) is 0. The second-order valence-electron chi connectivity index (χ2n) is 7.31. The van der Waals surface area contributed by atoms with E-state index >= 15 is 0 Å². The van der Waals surface area contributed by atoms with Crippen LogP contribution in [0.2, 0.25) is 0 Å². The number of nitrogens with zero attached hydrogens (tertiary/aromatic N) is 2. The molecule has 0 bridgehead atoms. The Morgan fingerprint density at radius 1 is 1.25 bits per heavy atom. The number of carbonyl (C=O) groups excluding carboxylic acids is 3. The monoisotopic (exact) mass is 337 g/mol. The van der Waals surface area contributed by atoms with Crippen molar-refractivity contribution in [1.29, 1.82) is 0 Å². The van der Waals surface area contributed by atoms with Gasteiger partial charge in [0, 0.05) is 39.7 Å². The van der Waals surface area contributed by atoms with Crippen molar-refractivity contribution in [1.82, 2.24) is 15.1 Å². The molecule has 0 radical (unpaired) electrons. The van der Waals surface area contributed by atoms with Crippen LogP contribution in [0.3, 0.4) is 0 Å². The molecular formula is C17H27N3O4. The van der Waals surface area contributed by atoms with E-state index in [1.165, 1.54) is 0 Å². The summed E-state index contributed by atoms with van der Waals surface area (Å²) in [5.41, 5.74) is 0.0352. The average Bonchev–Trinajstić information content (AvgIpc) is 2.84. The van der Waals surface area contributed by atoms with Crippen LogP contribution in [-0.4, -0.2) is 73.5 Å². The van der Waals surface area contributed by atoms with Crippen molar-refractivity contribution in [2.24, 2.45) is 5.41 Å². The van der Waals surface area contributed by atoms with Crippen molar-refractivity contribution < 1.29 is 19.1 Å². The predicted molar refractivity (Wildman–Crippen MR) is 87.1 cm³/mol. The lowest BCUT2D eigenvalue weighted by atomic mass is 9.77. The van der Waals surface area contributed by atoms with Crippen LogP contribution in [0.1, 0.15) is 38.5 Å². The van der Waals surface area contributed by atoms with E-state index in [-0.39, 0.29) is 29.7 Å². The first kappa shape index (κ1) is 17.2. The summed E-state index contributed by atoms with van der Waals surface area (Å²) in [5, 5.41) is 2.90. The minimum absolute atomic E-state index is 0.00670. The molecule has 1 N–H and O–H groups in total. The summed E-state index contributed by atoms with van der Waals surface area (Å²) in [7, 11) is 1.55. The van der Waals surface area contributed by atoms with E-state index in [0.29, 0.717) is 26.1 Å². The minimum atomic E-state index is -0.416. The summed E-state index contributed by atoms with van der Waals surface area (Å²) in [6.07, 6.45) is 4.46. The van der Waals surface area contributed by atoms with Crippen LogP contribution in [0, 0.1) is 5.41 Å². The molecule has 134 valence electrons. The molecule has 3 aliphatic rings. The van der Waals surface area contributed by atoms with Gasteiger partial charge in [-0.05, 0) is 37.5 Å². The molecule has 0 aromatic carbocycles. The van der Waals surface area contributed by atoms with Crippen LogP contribution in [0.15, 0.2) is 0 Å². The van der Waals surface area contributed by atoms with Crippen LogP contribution in [0.25, 0.3) is 0 Å². The van der Waals surface area contributed by atoms with Gasteiger partial charge in [-0.2, -0.15) is 0 Å². The molecule has 0 aromatic rings. The summed E-state index contributed by atoms with van der Waals surface area (Å²) in [5.74, 6) is 0.0604. The zero-order valence-corrected chi connectivity index (χ0v) is 14.4. The lowest BCUT2D eigenvalue weighted by Crippen LogP contribution is -2.49. The van der Waals surface area contributed by atoms with E-state index in [0.717, 1.165) is 38.6 Å². The lowest BCUT2D eigenvalue weighted by Gasteiger charge is -2.39. The number of carbonyl (C=O) groups is 3. The van der Waals surface area contributed by atoms with Crippen LogP contribution >= 0.6 is 0 Å². The van der Waals surface area contributed by atoms with Gasteiger partial charge < -0.3 is 19.9 Å². The summed E-state index contributed by atoms with van der Waals surface area (Å²) in [4.78, 5) is 40.0. The number of hydrogen-bond donors (Lipinski definition) is 1. The molecule has 0 aromatic heterocycles. The normalized spacial score (nSPS) is 27.3. The van der Waals surface area contributed by atoms with Crippen molar-refractivity contribution >= 4 is 17.7 Å². The van der Waals surface area contributed by atoms with Crippen molar-refractivity contribution in [3.63, 3.8) is 0 Å². The standard InChI is InChI=1S/C17H27N3O4/c1-24-13-4-2-3-7-20(16(13)23)11-15(22)19-8-5-17(6-9-19)10-14(21)18-12-17/h13H,2-12H2,1H3,(H,18,21). The number of methoxy groups -OCH3 is 1. The number of amides is 3. The molecule has 0 aliphatic carbocycles. The number of ether oxygens (including phenoxy) is 1. The molecule has 3 aliphatic heterocycles. The lowest BCUT2D eigenvalue weighted by molar-refractivity contribution is -0.147. The maximum atomic E-state index is 12.6. The molecule has 1 atom stereocenters. The Labute approximate surface area is 142 Å². The Bertz CT molecular complexity index is 514. The highest BCUT2D eigenvalue weighted by Crippen LogP contribution is 2.37. The van der Waals surface area contributed by atoms with Crippen LogP contribution < -0.4 is 5.32 Å². The molecule has 0 saturated carbocycles. The van der Waals surface area contributed by atoms with Crippen molar-refractivity contribution in [2.75, 3.05) is 39.8 Å². The Balaban J connectivity index is 1.54. The topological polar surface area (TPSA) is 79.0 Å². The van der Waals surface area contributed by atoms with E-state index < -0.39 is 6.10 Å². The second kappa shape index (κ2) is 7.09. The third-order valence-electron chi connectivity index (χ3n) is 5.72. The quantitative estimate of drug-likeness (QED) is 0.795. The maximum absolute atomic E-state index is 12.6. The molecule has 7 heteroatoms. The number of piperidine rings is 1. The van der Waals surface area contributed by atoms with Crippen LogP contribution in [0.4, 0.5) is 0 Å². The average molecular weight is 337 g/mol. The molecule has 3 fully saturated rings. The highest BCUT2D eigenvalue weighted by molar-refractivity contribution is 5.87. The summed E-state index contributed by atoms with van der Waals surface area (Å²) < 4.78 is 5.26. The first-order valence-electron chi connectivity index (χ1n) is 8.89. The predicted octanol–water partition coefficient (Wildman–Crippen LogP) is 0.143. The number of hydrogen-bond acceptors (Lipinski definition) is 4. The largest absolute Gasteiger partial charge is 0.372 e. The van der Waals surface area contributed by atoms with Crippen molar-refractivity contribution in [2.45, 2.75) is 44.6 Å². The molecule has 24 heavy (non-hydrogen) atoms. The Morgan fingerprint density at radius 2 is 2.00 bits per heavy atom. The Kier molecular flexibility index (Phi) is 5.08. The number of nitrogens with one attached hydrogen (secondary N) is 1. The molecular weight excluding hydrogens is 310 g/mol. The Morgan fingerprint density at radius 3 is 2.62 bits per heavy atom. The second-order valence-corrected chi connectivity index (χ2v) is 7.31. The fraction of sp³-hybridized carbons (Fsp3) is 0.824. The van der Waals surface area contributed by atoms with Crippen LogP contribution in [-0.2, 0) is 19.1 Å². The zero-order chi connectivity index (χ0) is 17.2. The van der Waals surface area contributed by atoms with Gasteiger partial charge in [0.15, 0.2) is 0 Å². The molecule has 7 nitrogen and oxygen atoms in total. The van der Waals surface area contributed by atoms with Gasteiger partial charge in [-0.15, -0.1) is 0 Å². The third kappa shape index (κ3) is 3.55. The van der Waals surface area contributed by atoms with Gasteiger partial charge in [-0.1, -0.05) is 0 Å². The zero-order valence-electron chi connectivity index (χ0n) is 14.4.